The summed E-state index contributed by atoms with van der Waals surface area (Å²) in [5, 5.41) is 4.46. The number of hydrogen-bond acceptors (Lipinski definition) is 4. The Kier molecular flexibility index (Phi) is 5.39. The molecule has 3 aliphatic carbocycles. The average Bonchev–Trinajstić information content (AvgIpc) is 3.24. The van der Waals surface area contributed by atoms with E-state index < -0.39 is 17.3 Å². The van der Waals surface area contributed by atoms with Crippen LogP contribution >= 0.6 is 15.9 Å². The predicted molar refractivity (Wildman–Crippen MR) is 152 cm³/mol. The highest BCUT2D eigenvalue weighted by Crippen LogP contribution is 2.63. The minimum atomic E-state index is -1.03. The van der Waals surface area contributed by atoms with E-state index in [9.17, 15) is 14.4 Å². The lowest BCUT2D eigenvalue weighted by atomic mass is 9.47. The zero-order valence-electron chi connectivity index (χ0n) is 20.6. The highest BCUT2D eigenvalue weighted by atomic mass is 79.9. The summed E-state index contributed by atoms with van der Waals surface area (Å²) in [5.74, 6) is -2.37. The van der Waals surface area contributed by atoms with Crippen LogP contribution in [0.15, 0.2) is 113 Å². The number of anilines is 1. The minimum Gasteiger partial charge on any atom is -0.274 e. The van der Waals surface area contributed by atoms with Crippen LogP contribution in [-0.2, 0) is 15.0 Å². The van der Waals surface area contributed by atoms with Gasteiger partial charge in [-0.05, 0) is 52.6 Å². The number of benzene rings is 4. The SMILES string of the molecule is O=C(N/N=C\C12c3ccccc3C(c3ccccc31)[C@H]1C(=O)N(c3ccccc3)C(=O)[C@@H]12)c1cccc(Br)c1. The summed E-state index contributed by atoms with van der Waals surface area (Å²) in [6.45, 7) is 0. The van der Waals surface area contributed by atoms with Crippen LogP contribution in [0.25, 0.3) is 0 Å². The van der Waals surface area contributed by atoms with Crippen LogP contribution in [0, 0.1) is 11.8 Å². The number of carbonyl (C=O) groups excluding carboxylic acids is 3. The molecule has 3 amide bonds. The standard InChI is InChI=1S/C32H22BrN3O3/c33-20-10-8-9-19(17-20)29(37)35-34-18-32-24-15-6-4-13-22(24)26(23-14-5-7-16-25(23)32)27-28(32)31(39)36(30(27)38)21-11-2-1-3-12-21/h1-18,26-28H,(H,35,37)/b34-18-/t26?,27-,28-,32?/m1/s1. The van der Waals surface area contributed by atoms with Gasteiger partial charge in [0.15, 0.2) is 0 Å². The van der Waals surface area contributed by atoms with Crippen molar-refractivity contribution >= 4 is 45.6 Å². The van der Waals surface area contributed by atoms with E-state index in [2.05, 4.69) is 26.5 Å². The van der Waals surface area contributed by atoms with E-state index in [1.165, 1.54) is 4.90 Å². The molecule has 1 fully saturated rings. The van der Waals surface area contributed by atoms with Crippen molar-refractivity contribution in [1.29, 1.82) is 0 Å². The predicted octanol–water partition coefficient (Wildman–Crippen LogP) is 5.42. The number of hydrazone groups is 1. The maximum atomic E-state index is 14.3. The first-order valence-electron chi connectivity index (χ1n) is 12.7. The van der Waals surface area contributed by atoms with Gasteiger partial charge in [-0.1, -0.05) is 88.7 Å². The van der Waals surface area contributed by atoms with E-state index in [1.54, 1.807) is 36.5 Å². The van der Waals surface area contributed by atoms with Gasteiger partial charge in [-0.15, -0.1) is 0 Å². The first-order valence-corrected chi connectivity index (χ1v) is 13.5. The van der Waals surface area contributed by atoms with Gasteiger partial charge in [0.05, 0.1) is 22.9 Å². The number of rotatable bonds is 4. The average molecular weight is 576 g/mol. The Bertz CT molecular complexity index is 1650. The van der Waals surface area contributed by atoms with Crippen LogP contribution in [0.2, 0.25) is 0 Å². The molecule has 0 spiro atoms. The van der Waals surface area contributed by atoms with Gasteiger partial charge >= 0.3 is 0 Å². The maximum Gasteiger partial charge on any atom is 0.271 e. The first kappa shape index (κ1) is 23.7. The minimum absolute atomic E-state index is 0.207. The number of amides is 3. The lowest BCUT2D eigenvalue weighted by Gasteiger charge is -2.52. The van der Waals surface area contributed by atoms with E-state index in [4.69, 9.17) is 0 Å². The molecule has 1 aliphatic heterocycles. The van der Waals surface area contributed by atoms with Gasteiger partial charge in [0, 0.05) is 22.2 Å². The van der Waals surface area contributed by atoms with Crippen LogP contribution in [0.4, 0.5) is 5.69 Å². The van der Waals surface area contributed by atoms with Gasteiger partial charge in [0.2, 0.25) is 11.8 Å². The molecule has 7 heteroatoms. The Morgan fingerprint density at radius 1 is 0.821 bits per heavy atom. The van der Waals surface area contributed by atoms with E-state index in [0.717, 1.165) is 26.7 Å². The van der Waals surface area contributed by atoms with Gasteiger partial charge in [-0.25, -0.2) is 10.3 Å². The molecular weight excluding hydrogens is 554 g/mol. The maximum absolute atomic E-state index is 14.3. The quantitative estimate of drug-likeness (QED) is 0.200. The number of hydrogen-bond donors (Lipinski definition) is 1. The van der Waals surface area contributed by atoms with E-state index in [-0.39, 0.29) is 23.6 Å². The monoisotopic (exact) mass is 575 g/mol. The molecule has 4 aromatic rings. The highest BCUT2D eigenvalue weighted by molar-refractivity contribution is 9.10. The largest absolute Gasteiger partial charge is 0.274 e. The van der Waals surface area contributed by atoms with Crippen LogP contribution in [-0.4, -0.2) is 23.9 Å². The van der Waals surface area contributed by atoms with Gasteiger partial charge in [0.1, 0.15) is 0 Å². The van der Waals surface area contributed by atoms with Crippen LogP contribution in [0.3, 0.4) is 0 Å². The van der Waals surface area contributed by atoms with Crippen molar-refractivity contribution in [3.05, 3.63) is 135 Å². The molecule has 6 nitrogen and oxygen atoms in total. The Labute approximate surface area is 233 Å². The molecule has 1 heterocycles. The second-order valence-corrected chi connectivity index (χ2v) is 11.0. The Morgan fingerprint density at radius 3 is 2.13 bits per heavy atom. The molecule has 8 rings (SSSR count). The number of nitrogens with zero attached hydrogens (tertiary/aromatic N) is 2. The Morgan fingerprint density at radius 2 is 1.46 bits per heavy atom. The zero-order chi connectivity index (χ0) is 26.7. The summed E-state index contributed by atoms with van der Waals surface area (Å²) in [5.41, 5.74) is 6.53. The van der Waals surface area contributed by atoms with Crippen LogP contribution in [0.1, 0.15) is 38.5 Å². The number of nitrogens with one attached hydrogen (secondary N) is 1. The number of imide groups is 1. The fraction of sp³-hybridized carbons (Fsp3) is 0.125. The Balaban J connectivity index is 1.41. The summed E-state index contributed by atoms with van der Waals surface area (Å²) >= 11 is 3.40. The number of carbonyl (C=O) groups is 3. The summed E-state index contributed by atoms with van der Waals surface area (Å²) in [7, 11) is 0. The number of halogens is 1. The topological polar surface area (TPSA) is 78.8 Å². The lowest BCUT2D eigenvalue weighted by Crippen LogP contribution is -2.54. The van der Waals surface area contributed by atoms with Gasteiger partial charge in [-0.2, -0.15) is 5.10 Å². The molecule has 39 heavy (non-hydrogen) atoms. The Hall–Kier alpha value is -4.36. The molecule has 0 saturated carbocycles. The second-order valence-electron chi connectivity index (χ2n) is 10.1. The molecule has 1 N–H and O–H groups in total. The van der Waals surface area contributed by atoms with Crippen molar-refractivity contribution in [2.45, 2.75) is 11.3 Å². The summed E-state index contributed by atoms with van der Waals surface area (Å²) in [4.78, 5) is 42.6. The van der Waals surface area contributed by atoms with E-state index >= 15 is 0 Å². The van der Waals surface area contributed by atoms with Gasteiger partial charge in [0.25, 0.3) is 5.91 Å². The third-order valence-corrected chi connectivity index (χ3v) is 8.71. The normalized spacial score (nSPS) is 24.4. The molecule has 190 valence electrons. The lowest BCUT2D eigenvalue weighted by molar-refractivity contribution is -0.122. The van der Waals surface area contributed by atoms with Crippen molar-refractivity contribution in [3.63, 3.8) is 0 Å². The van der Waals surface area contributed by atoms with Crippen molar-refractivity contribution in [2.75, 3.05) is 4.90 Å². The molecule has 1 saturated heterocycles. The summed E-state index contributed by atoms with van der Waals surface area (Å²) in [6, 6.07) is 32.1. The van der Waals surface area contributed by atoms with E-state index in [0.29, 0.717) is 11.3 Å². The highest BCUT2D eigenvalue weighted by Gasteiger charge is 2.68. The molecule has 2 atom stereocenters. The van der Waals surface area contributed by atoms with Crippen molar-refractivity contribution in [3.8, 4) is 0 Å². The van der Waals surface area contributed by atoms with Crippen molar-refractivity contribution in [1.82, 2.24) is 5.43 Å². The first-order chi connectivity index (χ1) is 19.0. The summed E-state index contributed by atoms with van der Waals surface area (Å²) in [6.07, 6.45) is 1.67. The molecule has 0 radical (unpaired) electrons. The smallest absolute Gasteiger partial charge is 0.271 e. The summed E-state index contributed by atoms with van der Waals surface area (Å²) < 4.78 is 0.782. The van der Waals surface area contributed by atoms with Crippen molar-refractivity contribution < 1.29 is 14.4 Å². The zero-order valence-corrected chi connectivity index (χ0v) is 22.2. The molecule has 4 aliphatic rings. The third kappa shape index (κ3) is 3.32. The molecule has 2 bridgehead atoms. The van der Waals surface area contributed by atoms with E-state index in [1.807, 2.05) is 72.8 Å². The molecular formula is C32H22BrN3O3. The fourth-order valence-corrected chi connectivity index (χ4v) is 7.17. The van der Waals surface area contributed by atoms with Gasteiger partial charge < -0.3 is 0 Å². The second kappa shape index (κ2) is 8.85. The van der Waals surface area contributed by atoms with Crippen LogP contribution < -0.4 is 10.3 Å². The molecule has 4 aromatic carbocycles. The fourth-order valence-electron chi connectivity index (χ4n) is 6.77. The molecule has 0 unspecified atom stereocenters. The third-order valence-electron chi connectivity index (χ3n) is 8.22. The van der Waals surface area contributed by atoms with Crippen molar-refractivity contribution in [2.24, 2.45) is 16.9 Å². The van der Waals surface area contributed by atoms with Crippen LogP contribution in [0.5, 0.6) is 0 Å². The van der Waals surface area contributed by atoms with Gasteiger partial charge in [-0.3, -0.25) is 14.4 Å². The number of para-hydroxylation sites is 1. The molecule has 0 aromatic heterocycles.